The van der Waals surface area contributed by atoms with Crippen LogP contribution >= 0.6 is 12.2 Å². The van der Waals surface area contributed by atoms with Crippen LogP contribution in [0.25, 0.3) is 0 Å². The Kier molecular flexibility index (Phi) is 3.87. The van der Waals surface area contributed by atoms with Gasteiger partial charge in [-0.25, -0.2) is 0 Å². The van der Waals surface area contributed by atoms with Gasteiger partial charge < -0.3 is 10.1 Å². The number of hydrogen-bond donors (Lipinski definition) is 1. The van der Waals surface area contributed by atoms with Crippen LogP contribution in [0, 0.1) is 10.1 Å². The predicted octanol–water partition coefficient (Wildman–Crippen LogP) is 2.98. The van der Waals surface area contributed by atoms with Crippen LogP contribution in [-0.4, -0.2) is 22.7 Å². The molecule has 112 valence electrons. The van der Waals surface area contributed by atoms with Crippen molar-refractivity contribution in [2.45, 2.75) is 26.3 Å². The number of nitro benzene ring substituents is 1. The molecule has 0 bridgehead atoms. The van der Waals surface area contributed by atoms with Gasteiger partial charge in [-0.2, -0.15) is 0 Å². The Balaban J connectivity index is 2.56. The fourth-order valence-electron chi connectivity index (χ4n) is 2.38. The van der Waals surface area contributed by atoms with E-state index in [0.717, 1.165) is 5.70 Å². The summed E-state index contributed by atoms with van der Waals surface area (Å²) in [6.45, 7) is 5.86. The lowest BCUT2D eigenvalue weighted by Crippen LogP contribution is -2.53. The Bertz CT molecular complexity index is 640. The molecule has 0 unspecified atom stereocenters. The third-order valence-electron chi connectivity index (χ3n) is 3.17. The van der Waals surface area contributed by atoms with E-state index in [1.165, 1.54) is 13.2 Å². The van der Waals surface area contributed by atoms with Crippen molar-refractivity contribution in [2.24, 2.45) is 0 Å². The number of rotatable bonds is 3. The summed E-state index contributed by atoms with van der Waals surface area (Å²) in [5.41, 5.74) is 0.935. The summed E-state index contributed by atoms with van der Waals surface area (Å²) in [5, 5.41) is 14.9. The molecular weight excluding hydrogens is 290 g/mol. The van der Waals surface area contributed by atoms with Gasteiger partial charge in [0.05, 0.1) is 23.6 Å². The molecule has 0 radical (unpaired) electrons. The molecule has 0 fully saturated rings. The summed E-state index contributed by atoms with van der Waals surface area (Å²) in [7, 11) is 1.47. The number of nitrogens with zero attached hydrogens (tertiary/aromatic N) is 2. The van der Waals surface area contributed by atoms with Crippen molar-refractivity contribution in [3.8, 4) is 5.75 Å². The van der Waals surface area contributed by atoms with E-state index in [-0.39, 0.29) is 11.2 Å². The lowest BCUT2D eigenvalue weighted by molar-refractivity contribution is -0.384. The van der Waals surface area contributed by atoms with Gasteiger partial charge in [-0.05, 0) is 51.2 Å². The van der Waals surface area contributed by atoms with E-state index in [1.807, 2.05) is 26.8 Å². The van der Waals surface area contributed by atoms with E-state index in [9.17, 15) is 10.1 Å². The molecule has 0 aliphatic carbocycles. The second kappa shape index (κ2) is 5.33. The Hall–Kier alpha value is -2.15. The van der Waals surface area contributed by atoms with Crippen molar-refractivity contribution in [3.05, 3.63) is 40.1 Å². The van der Waals surface area contributed by atoms with Gasteiger partial charge >= 0.3 is 0 Å². The molecule has 1 heterocycles. The molecule has 0 atom stereocenters. The van der Waals surface area contributed by atoms with Crippen molar-refractivity contribution in [2.75, 3.05) is 12.0 Å². The largest absolute Gasteiger partial charge is 0.496 e. The van der Waals surface area contributed by atoms with E-state index < -0.39 is 4.92 Å². The molecule has 0 aromatic heterocycles. The zero-order valence-electron chi connectivity index (χ0n) is 12.3. The SMILES string of the molecule is COc1ccc(N2C(=S)NC(C)(C)C=C2C)c([N+](=O)[O-])c1. The van der Waals surface area contributed by atoms with Crippen molar-refractivity contribution in [3.63, 3.8) is 0 Å². The van der Waals surface area contributed by atoms with E-state index in [4.69, 9.17) is 17.0 Å². The van der Waals surface area contributed by atoms with Crippen LogP contribution in [0.3, 0.4) is 0 Å². The first-order valence-corrected chi connectivity index (χ1v) is 6.80. The van der Waals surface area contributed by atoms with Crippen LogP contribution < -0.4 is 15.0 Å². The maximum absolute atomic E-state index is 11.3. The maximum Gasteiger partial charge on any atom is 0.296 e. The van der Waals surface area contributed by atoms with Gasteiger partial charge in [0.25, 0.3) is 5.69 Å². The average Bonchev–Trinajstić information content (AvgIpc) is 2.36. The number of allylic oxidation sites excluding steroid dienone is 1. The lowest BCUT2D eigenvalue weighted by atomic mass is 10.0. The quantitative estimate of drug-likeness (QED) is 0.526. The van der Waals surface area contributed by atoms with Crippen LogP contribution in [0.5, 0.6) is 5.75 Å². The Morgan fingerprint density at radius 1 is 1.43 bits per heavy atom. The second-order valence-corrected chi connectivity index (χ2v) is 5.77. The van der Waals surface area contributed by atoms with Gasteiger partial charge in [0.2, 0.25) is 0 Å². The third-order valence-corrected chi connectivity index (χ3v) is 3.46. The smallest absolute Gasteiger partial charge is 0.296 e. The minimum Gasteiger partial charge on any atom is -0.496 e. The van der Waals surface area contributed by atoms with E-state index in [2.05, 4.69) is 5.32 Å². The van der Waals surface area contributed by atoms with E-state index in [1.54, 1.807) is 17.0 Å². The number of nitrogens with one attached hydrogen (secondary N) is 1. The van der Waals surface area contributed by atoms with Crippen molar-refractivity contribution in [1.82, 2.24) is 5.32 Å². The van der Waals surface area contributed by atoms with Crippen LogP contribution in [-0.2, 0) is 0 Å². The summed E-state index contributed by atoms with van der Waals surface area (Å²) in [6, 6.07) is 4.71. The highest BCUT2D eigenvalue weighted by atomic mass is 32.1. The van der Waals surface area contributed by atoms with Gasteiger partial charge in [-0.15, -0.1) is 0 Å². The first-order chi connectivity index (χ1) is 9.75. The molecule has 1 aromatic carbocycles. The van der Waals surface area contributed by atoms with Crippen LogP contribution in [0.15, 0.2) is 30.0 Å². The molecule has 7 heteroatoms. The molecule has 21 heavy (non-hydrogen) atoms. The molecule has 1 N–H and O–H groups in total. The van der Waals surface area contributed by atoms with Gasteiger partial charge in [0, 0.05) is 5.70 Å². The molecule has 0 saturated heterocycles. The first-order valence-electron chi connectivity index (χ1n) is 6.39. The molecule has 1 aromatic rings. The zero-order chi connectivity index (χ0) is 15.8. The van der Waals surface area contributed by atoms with Crippen molar-refractivity contribution in [1.29, 1.82) is 0 Å². The molecule has 1 aliphatic heterocycles. The number of thiocarbonyl (C=S) groups is 1. The molecule has 6 nitrogen and oxygen atoms in total. The number of nitro groups is 1. The third kappa shape index (κ3) is 2.97. The molecule has 0 spiro atoms. The first kappa shape index (κ1) is 15.2. The van der Waals surface area contributed by atoms with E-state index in [0.29, 0.717) is 16.5 Å². The van der Waals surface area contributed by atoms with Crippen LogP contribution in [0.4, 0.5) is 11.4 Å². The molecule has 0 amide bonds. The van der Waals surface area contributed by atoms with Crippen molar-refractivity contribution < 1.29 is 9.66 Å². The number of hydrogen-bond acceptors (Lipinski definition) is 4. The van der Waals surface area contributed by atoms with Crippen molar-refractivity contribution >= 4 is 28.7 Å². The standard InChI is InChI=1S/C14H17N3O3S/c1-9-8-14(2,3)15-13(21)16(9)11-6-5-10(20-4)7-12(11)17(18)19/h5-8H,1-4H3,(H,15,21). The summed E-state index contributed by atoms with van der Waals surface area (Å²) >= 11 is 5.36. The Morgan fingerprint density at radius 2 is 2.10 bits per heavy atom. The predicted molar refractivity (Wildman–Crippen MR) is 85.7 cm³/mol. The summed E-state index contributed by atoms with van der Waals surface area (Å²) in [5.74, 6) is 0.434. The summed E-state index contributed by atoms with van der Waals surface area (Å²) in [6.07, 6.45) is 1.98. The van der Waals surface area contributed by atoms with Gasteiger partial charge in [-0.3, -0.25) is 15.0 Å². The van der Waals surface area contributed by atoms with Crippen LogP contribution in [0.2, 0.25) is 0 Å². The number of ether oxygens (including phenoxy) is 1. The summed E-state index contributed by atoms with van der Waals surface area (Å²) in [4.78, 5) is 12.5. The van der Waals surface area contributed by atoms with Gasteiger partial charge in [-0.1, -0.05) is 0 Å². The average molecular weight is 307 g/mol. The monoisotopic (exact) mass is 307 g/mol. The summed E-state index contributed by atoms with van der Waals surface area (Å²) < 4.78 is 5.05. The Labute approximate surface area is 128 Å². The maximum atomic E-state index is 11.3. The highest BCUT2D eigenvalue weighted by Crippen LogP contribution is 2.35. The molecule has 0 saturated carbocycles. The molecule has 1 aliphatic rings. The molecule has 2 rings (SSSR count). The number of benzene rings is 1. The lowest BCUT2D eigenvalue weighted by Gasteiger charge is -2.37. The van der Waals surface area contributed by atoms with Crippen LogP contribution in [0.1, 0.15) is 20.8 Å². The minimum absolute atomic E-state index is 0.0500. The Morgan fingerprint density at radius 3 is 2.62 bits per heavy atom. The second-order valence-electron chi connectivity index (χ2n) is 5.38. The number of methoxy groups -OCH3 is 1. The number of anilines is 1. The normalized spacial score (nSPS) is 17.0. The highest BCUT2D eigenvalue weighted by molar-refractivity contribution is 7.80. The topological polar surface area (TPSA) is 67.6 Å². The fraction of sp³-hybridized carbons (Fsp3) is 0.357. The van der Waals surface area contributed by atoms with E-state index >= 15 is 0 Å². The minimum atomic E-state index is -0.437. The van der Waals surface area contributed by atoms with Gasteiger partial charge in [0.1, 0.15) is 11.4 Å². The molecular formula is C14H17N3O3S. The zero-order valence-corrected chi connectivity index (χ0v) is 13.2. The fourth-order valence-corrected chi connectivity index (χ4v) is 2.88. The van der Waals surface area contributed by atoms with Gasteiger partial charge in [0.15, 0.2) is 5.11 Å². The highest BCUT2D eigenvalue weighted by Gasteiger charge is 2.31.